The average Bonchev–Trinajstić information content (AvgIpc) is 3.07. The Labute approximate surface area is 170 Å². The minimum absolute atomic E-state index is 0.0553. The number of anilines is 2. The molecular weight excluding hydrogens is 403 g/mol. The number of halogens is 3. The molecule has 9 heteroatoms. The van der Waals surface area contributed by atoms with Crippen LogP contribution in [0.15, 0.2) is 35.7 Å². The van der Waals surface area contributed by atoms with E-state index in [-0.39, 0.29) is 24.0 Å². The maximum absolute atomic E-state index is 13.8. The molecule has 0 saturated heterocycles. The van der Waals surface area contributed by atoms with Crippen LogP contribution in [0.2, 0.25) is 0 Å². The van der Waals surface area contributed by atoms with Crippen molar-refractivity contribution >= 4 is 34.5 Å². The summed E-state index contributed by atoms with van der Waals surface area (Å²) in [7, 11) is 0. The highest BCUT2D eigenvalue weighted by Gasteiger charge is 2.49. The molecule has 2 aliphatic rings. The van der Waals surface area contributed by atoms with E-state index >= 15 is 0 Å². The molecule has 0 radical (unpaired) electrons. The maximum atomic E-state index is 13.8. The van der Waals surface area contributed by atoms with Gasteiger partial charge in [-0.05, 0) is 42.5 Å². The zero-order valence-electron chi connectivity index (χ0n) is 15.7. The molecule has 2 unspecified atom stereocenters. The summed E-state index contributed by atoms with van der Waals surface area (Å²) in [6.07, 6.45) is -4.78. The Hall–Kier alpha value is -2.39. The number of hydrogen-bond acceptors (Lipinski definition) is 4. The summed E-state index contributed by atoms with van der Waals surface area (Å²) in [5.74, 6) is -1.42. The molecule has 1 aromatic carbocycles. The summed E-state index contributed by atoms with van der Waals surface area (Å²) in [6, 6.07) is 5.87. The van der Waals surface area contributed by atoms with Gasteiger partial charge in [0.05, 0.1) is 24.3 Å². The predicted octanol–water partition coefficient (Wildman–Crippen LogP) is 3.97. The Balaban J connectivity index is 1.66. The molecule has 2 amide bonds. The largest absolute Gasteiger partial charge is 0.409 e. The molecule has 0 spiro atoms. The summed E-state index contributed by atoms with van der Waals surface area (Å²) < 4.78 is 41.5. The number of amides is 2. The normalized spacial score (nSPS) is 22.5. The Morgan fingerprint density at radius 3 is 2.79 bits per heavy atom. The number of rotatable bonds is 2. The van der Waals surface area contributed by atoms with Crippen LogP contribution in [-0.4, -0.2) is 42.0 Å². The molecule has 0 aliphatic carbocycles. The highest BCUT2D eigenvalue weighted by Crippen LogP contribution is 2.38. The standard InChI is InChI=1S/C20H20F3N3O2S/c1-12-13-7-9-29-16(13)6-8-25(12)11-19(28)26-15-5-3-2-4-14(15)24-18(27)10-17(26)20(21,22)23/h2-5,7,9,12,17H,6,8,10-11H2,1H3,(H,24,27). The summed E-state index contributed by atoms with van der Waals surface area (Å²) in [5.41, 5.74) is 1.41. The van der Waals surface area contributed by atoms with Gasteiger partial charge in [0.2, 0.25) is 11.8 Å². The molecule has 0 saturated carbocycles. The van der Waals surface area contributed by atoms with Crippen LogP contribution in [0.1, 0.15) is 29.8 Å². The van der Waals surface area contributed by atoms with Crippen molar-refractivity contribution < 1.29 is 22.8 Å². The van der Waals surface area contributed by atoms with E-state index in [4.69, 9.17) is 0 Å². The van der Waals surface area contributed by atoms with Gasteiger partial charge in [-0.25, -0.2) is 0 Å². The van der Waals surface area contributed by atoms with Crippen LogP contribution >= 0.6 is 11.3 Å². The molecule has 4 rings (SSSR count). The highest BCUT2D eigenvalue weighted by molar-refractivity contribution is 7.10. The van der Waals surface area contributed by atoms with E-state index in [2.05, 4.69) is 5.32 Å². The number of carbonyl (C=O) groups is 2. The van der Waals surface area contributed by atoms with Gasteiger partial charge in [-0.3, -0.25) is 19.4 Å². The van der Waals surface area contributed by atoms with Crippen LogP contribution in [-0.2, 0) is 16.0 Å². The van der Waals surface area contributed by atoms with Crippen LogP contribution in [0.3, 0.4) is 0 Å². The second kappa shape index (κ2) is 7.46. The summed E-state index contributed by atoms with van der Waals surface area (Å²) in [6.45, 7) is 2.41. The first kappa shape index (κ1) is 19.9. The third-order valence-electron chi connectivity index (χ3n) is 5.52. The zero-order valence-corrected chi connectivity index (χ0v) is 16.5. The third kappa shape index (κ3) is 3.76. The van der Waals surface area contributed by atoms with E-state index in [9.17, 15) is 22.8 Å². The number of thiophene rings is 1. The molecule has 1 N–H and O–H groups in total. The Kier molecular flexibility index (Phi) is 5.12. The van der Waals surface area contributed by atoms with E-state index in [0.717, 1.165) is 16.9 Å². The summed E-state index contributed by atoms with van der Waals surface area (Å²) >= 11 is 1.66. The molecule has 2 atom stereocenters. The maximum Gasteiger partial charge on any atom is 0.409 e. The molecule has 3 heterocycles. The van der Waals surface area contributed by atoms with Crippen molar-refractivity contribution in [3.63, 3.8) is 0 Å². The molecular formula is C20H20F3N3O2S. The fourth-order valence-electron chi connectivity index (χ4n) is 4.02. The van der Waals surface area contributed by atoms with E-state index in [1.807, 2.05) is 23.3 Å². The zero-order chi connectivity index (χ0) is 20.8. The SMILES string of the molecule is CC1c2ccsc2CCN1CC(=O)N1c2ccccc2NC(=O)CC1C(F)(F)F. The Morgan fingerprint density at radius 1 is 1.28 bits per heavy atom. The van der Waals surface area contributed by atoms with Crippen LogP contribution in [0.4, 0.5) is 24.5 Å². The van der Waals surface area contributed by atoms with Crippen molar-refractivity contribution in [1.29, 1.82) is 0 Å². The van der Waals surface area contributed by atoms with Crippen molar-refractivity contribution in [2.75, 3.05) is 23.3 Å². The molecule has 154 valence electrons. The number of alkyl halides is 3. The van der Waals surface area contributed by atoms with E-state index in [0.29, 0.717) is 6.54 Å². The number of hydrogen-bond donors (Lipinski definition) is 1. The van der Waals surface area contributed by atoms with Gasteiger partial charge in [-0.2, -0.15) is 13.2 Å². The van der Waals surface area contributed by atoms with Gasteiger partial charge in [0.15, 0.2) is 0 Å². The molecule has 0 fully saturated rings. The smallest absolute Gasteiger partial charge is 0.324 e. The fourth-order valence-corrected chi connectivity index (χ4v) is 4.99. The van der Waals surface area contributed by atoms with Gasteiger partial charge in [-0.15, -0.1) is 11.3 Å². The van der Waals surface area contributed by atoms with Gasteiger partial charge in [0.1, 0.15) is 6.04 Å². The van der Waals surface area contributed by atoms with Gasteiger partial charge in [0, 0.05) is 17.5 Å². The lowest BCUT2D eigenvalue weighted by Crippen LogP contribution is -2.53. The topological polar surface area (TPSA) is 52.7 Å². The second-order valence-electron chi connectivity index (χ2n) is 7.29. The monoisotopic (exact) mass is 423 g/mol. The lowest BCUT2D eigenvalue weighted by atomic mass is 10.0. The van der Waals surface area contributed by atoms with Crippen LogP contribution in [0, 0.1) is 0 Å². The van der Waals surface area contributed by atoms with Gasteiger partial charge in [-0.1, -0.05) is 12.1 Å². The quantitative estimate of drug-likeness (QED) is 0.795. The van der Waals surface area contributed by atoms with E-state index < -0.39 is 30.5 Å². The first-order valence-corrected chi connectivity index (χ1v) is 10.2. The number of carbonyl (C=O) groups excluding carboxylic acids is 2. The number of nitrogens with zero attached hydrogens (tertiary/aromatic N) is 2. The lowest BCUT2D eigenvalue weighted by molar-refractivity contribution is -0.158. The number of benzene rings is 1. The average molecular weight is 423 g/mol. The number of para-hydroxylation sites is 2. The van der Waals surface area contributed by atoms with Crippen LogP contribution < -0.4 is 10.2 Å². The van der Waals surface area contributed by atoms with E-state index in [1.165, 1.54) is 17.0 Å². The summed E-state index contributed by atoms with van der Waals surface area (Å²) in [5, 5.41) is 4.48. The third-order valence-corrected chi connectivity index (χ3v) is 6.51. The lowest BCUT2D eigenvalue weighted by Gasteiger charge is -2.37. The van der Waals surface area contributed by atoms with Gasteiger partial charge < -0.3 is 5.32 Å². The molecule has 29 heavy (non-hydrogen) atoms. The Morgan fingerprint density at radius 2 is 2.03 bits per heavy atom. The van der Waals surface area contributed by atoms with Crippen molar-refractivity contribution in [2.45, 2.75) is 38.0 Å². The molecule has 2 aliphatic heterocycles. The predicted molar refractivity (Wildman–Crippen MR) is 105 cm³/mol. The molecule has 1 aromatic heterocycles. The first-order valence-electron chi connectivity index (χ1n) is 9.33. The second-order valence-corrected chi connectivity index (χ2v) is 8.29. The molecule has 0 bridgehead atoms. The van der Waals surface area contributed by atoms with Crippen LogP contribution in [0.25, 0.3) is 0 Å². The minimum Gasteiger partial charge on any atom is -0.324 e. The van der Waals surface area contributed by atoms with Crippen molar-refractivity contribution in [3.05, 3.63) is 46.2 Å². The van der Waals surface area contributed by atoms with Gasteiger partial charge >= 0.3 is 6.18 Å². The Bertz CT molecular complexity index is 943. The van der Waals surface area contributed by atoms with Crippen molar-refractivity contribution in [3.8, 4) is 0 Å². The number of nitrogens with one attached hydrogen (secondary N) is 1. The van der Waals surface area contributed by atoms with Crippen molar-refractivity contribution in [1.82, 2.24) is 4.90 Å². The van der Waals surface area contributed by atoms with Crippen LogP contribution in [0.5, 0.6) is 0 Å². The minimum atomic E-state index is -4.72. The summed E-state index contributed by atoms with van der Waals surface area (Å²) in [4.78, 5) is 29.2. The highest BCUT2D eigenvalue weighted by atomic mass is 32.1. The fraction of sp³-hybridized carbons (Fsp3) is 0.400. The van der Waals surface area contributed by atoms with E-state index in [1.54, 1.807) is 23.5 Å². The molecule has 2 aromatic rings. The van der Waals surface area contributed by atoms with Crippen molar-refractivity contribution in [2.24, 2.45) is 0 Å². The number of fused-ring (bicyclic) bond motifs is 2. The van der Waals surface area contributed by atoms with Gasteiger partial charge in [0.25, 0.3) is 0 Å². The first-order chi connectivity index (χ1) is 13.8. The molecule has 5 nitrogen and oxygen atoms in total.